The summed E-state index contributed by atoms with van der Waals surface area (Å²) in [7, 11) is 3.71. The van der Waals surface area contributed by atoms with Gasteiger partial charge in [-0.2, -0.15) is 4.98 Å². The average molecular weight is 498 g/mol. The number of anilines is 3. The highest BCUT2D eigenvalue weighted by Crippen LogP contribution is 2.31. The summed E-state index contributed by atoms with van der Waals surface area (Å²) >= 11 is 0. The fourth-order valence-corrected chi connectivity index (χ4v) is 4.82. The van der Waals surface area contributed by atoms with Crippen molar-refractivity contribution in [3.63, 3.8) is 0 Å². The minimum atomic E-state index is -0.142. The van der Waals surface area contributed by atoms with Crippen LogP contribution in [0.1, 0.15) is 41.9 Å². The van der Waals surface area contributed by atoms with Crippen molar-refractivity contribution in [2.45, 2.75) is 38.5 Å². The van der Waals surface area contributed by atoms with Crippen LogP contribution in [0.25, 0.3) is 11.1 Å². The normalized spacial score (nSPS) is 15.8. The number of nitrogens with zero attached hydrogens (tertiary/aromatic N) is 3. The van der Waals surface area contributed by atoms with Crippen molar-refractivity contribution < 1.29 is 18.7 Å². The summed E-state index contributed by atoms with van der Waals surface area (Å²) in [5.74, 6) is -0.00751. The maximum atomic E-state index is 13.1. The van der Waals surface area contributed by atoms with Crippen molar-refractivity contribution in [2.75, 3.05) is 30.5 Å². The highest BCUT2D eigenvalue weighted by Gasteiger charge is 2.21. The number of esters is 1. The van der Waals surface area contributed by atoms with Crippen molar-refractivity contribution in [1.82, 2.24) is 4.98 Å². The van der Waals surface area contributed by atoms with Gasteiger partial charge >= 0.3 is 12.0 Å². The fraction of sp³-hybridized carbons (Fsp3) is 0.300. The van der Waals surface area contributed by atoms with Crippen LogP contribution >= 0.6 is 0 Å². The third-order valence-electron chi connectivity index (χ3n) is 7.06. The van der Waals surface area contributed by atoms with E-state index in [0.717, 1.165) is 46.4 Å². The van der Waals surface area contributed by atoms with Crippen LogP contribution in [0.4, 0.5) is 17.4 Å². The molecule has 1 aromatic heterocycles. The number of fused-ring (bicyclic) bond motifs is 1. The highest BCUT2D eigenvalue weighted by molar-refractivity contribution is 5.94. The quantitative estimate of drug-likeness (QED) is 0.308. The maximum absolute atomic E-state index is 13.1. The largest absolute Gasteiger partial charge is 0.466 e. The van der Waals surface area contributed by atoms with Crippen LogP contribution in [-0.2, 0) is 20.7 Å². The molecule has 0 spiro atoms. The first kappa shape index (κ1) is 24.6. The minimum absolute atomic E-state index is 0.0260. The lowest BCUT2D eigenvalue weighted by atomic mass is 9.92. The average Bonchev–Trinajstić information content (AvgIpc) is 3.21. The number of aryl methyl sites for hydroxylation is 1. The van der Waals surface area contributed by atoms with E-state index in [4.69, 9.17) is 9.15 Å². The SMILES string of the molecule is Cc1ccccc1N(C)c1nc2ccc(CC(=O)N(C)c3ccc(C4CCCOC(=O)C4)cc3)cc2o1. The van der Waals surface area contributed by atoms with E-state index in [-0.39, 0.29) is 24.2 Å². The summed E-state index contributed by atoms with van der Waals surface area (Å²) in [6.45, 7) is 2.55. The number of carbonyl (C=O) groups is 2. The smallest absolute Gasteiger partial charge is 0.306 e. The molecular weight excluding hydrogens is 466 g/mol. The number of likely N-dealkylation sites (N-methyl/N-ethyl adjacent to an activating group) is 1. The Bertz CT molecular complexity index is 1430. The van der Waals surface area contributed by atoms with Crippen LogP contribution in [-0.4, -0.2) is 37.6 Å². The summed E-state index contributed by atoms with van der Waals surface area (Å²) in [4.78, 5) is 33.1. The zero-order valence-corrected chi connectivity index (χ0v) is 21.4. The Morgan fingerprint density at radius 3 is 2.62 bits per heavy atom. The number of benzene rings is 3. The van der Waals surface area contributed by atoms with Crippen molar-refractivity contribution in [3.05, 3.63) is 83.4 Å². The van der Waals surface area contributed by atoms with Gasteiger partial charge in [-0.25, -0.2) is 0 Å². The summed E-state index contributed by atoms with van der Waals surface area (Å²) < 4.78 is 11.2. The molecule has 1 aliphatic heterocycles. The summed E-state index contributed by atoms with van der Waals surface area (Å²) in [5, 5.41) is 0. The lowest BCUT2D eigenvalue weighted by Gasteiger charge is -2.19. The Hall–Kier alpha value is -4.13. The van der Waals surface area contributed by atoms with Crippen LogP contribution in [0.3, 0.4) is 0 Å². The number of para-hydroxylation sites is 1. The number of ether oxygens (including phenoxy) is 1. The van der Waals surface area contributed by atoms with Gasteiger partial charge in [-0.15, -0.1) is 0 Å². The second-order valence-corrected chi connectivity index (χ2v) is 9.63. The molecule has 5 rings (SSSR count). The molecule has 37 heavy (non-hydrogen) atoms. The number of hydrogen-bond acceptors (Lipinski definition) is 6. The highest BCUT2D eigenvalue weighted by atomic mass is 16.5. The number of hydrogen-bond donors (Lipinski definition) is 0. The predicted molar refractivity (Wildman–Crippen MR) is 144 cm³/mol. The topological polar surface area (TPSA) is 75.9 Å². The van der Waals surface area contributed by atoms with Crippen LogP contribution < -0.4 is 9.80 Å². The Balaban J connectivity index is 1.27. The van der Waals surface area contributed by atoms with E-state index in [1.165, 1.54) is 0 Å². The van der Waals surface area contributed by atoms with Gasteiger partial charge < -0.3 is 14.1 Å². The molecule has 4 aromatic rings. The number of oxazole rings is 1. The molecule has 3 aromatic carbocycles. The molecular formula is C30H31N3O4. The molecule has 7 nitrogen and oxygen atoms in total. The van der Waals surface area contributed by atoms with Crippen molar-refractivity contribution in [2.24, 2.45) is 0 Å². The van der Waals surface area contributed by atoms with E-state index in [0.29, 0.717) is 24.6 Å². The van der Waals surface area contributed by atoms with Crippen LogP contribution in [0.5, 0.6) is 0 Å². The van der Waals surface area contributed by atoms with Crippen molar-refractivity contribution in [1.29, 1.82) is 0 Å². The fourth-order valence-electron chi connectivity index (χ4n) is 4.82. The molecule has 0 saturated carbocycles. The van der Waals surface area contributed by atoms with E-state index in [2.05, 4.69) is 18.0 Å². The number of cyclic esters (lactones) is 1. The third-order valence-corrected chi connectivity index (χ3v) is 7.06. The van der Waals surface area contributed by atoms with E-state index in [1.807, 2.05) is 72.6 Å². The molecule has 0 radical (unpaired) electrons. The molecule has 0 N–H and O–H groups in total. The van der Waals surface area contributed by atoms with Gasteiger partial charge in [0.1, 0.15) is 5.52 Å². The van der Waals surface area contributed by atoms with Crippen LogP contribution in [0.15, 0.2) is 71.1 Å². The van der Waals surface area contributed by atoms with Gasteiger partial charge in [-0.05, 0) is 72.7 Å². The van der Waals surface area contributed by atoms with Gasteiger partial charge in [0.15, 0.2) is 5.58 Å². The third kappa shape index (κ3) is 5.35. The van der Waals surface area contributed by atoms with Crippen LogP contribution in [0.2, 0.25) is 0 Å². The monoisotopic (exact) mass is 497 g/mol. The Labute approximate surface area is 216 Å². The minimum Gasteiger partial charge on any atom is -0.466 e. The Kier molecular flexibility index (Phi) is 6.95. The molecule has 0 bridgehead atoms. The summed E-state index contributed by atoms with van der Waals surface area (Å²) in [6, 6.07) is 22.2. The van der Waals surface area contributed by atoms with Crippen molar-refractivity contribution >= 4 is 40.4 Å². The molecule has 1 aliphatic rings. The van der Waals surface area contributed by atoms with E-state index < -0.39 is 0 Å². The van der Waals surface area contributed by atoms with Gasteiger partial charge in [-0.3, -0.25) is 14.5 Å². The number of carbonyl (C=O) groups excluding carboxylic acids is 2. The lowest BCUT2D eigenvalue weighted by Crippen LogP contribution is -2.27. The second-order valence-electron chi connectivity index (χ2n) is 9.63. The van der Waals surface area contributed by atoms with Gasteiger partial charge in [0, 0.05) is 25.5 Å². The number of rotatable bonds is 6. The first-order valence-corrected chi connectivity index (χ1v) is 12.6. The molecule has 1 amide bonds. The van der Waals surface area contributed by atoms with E-state index in [1.54, 1.807) is 11.9 Å². The summed E-state index contributed by atoms with van der Waals surface area (Å²) in [5.41, 5.74) is 6.33. The standard InChI is InChI=1S/C30H31N3O4/c1-20-7-4-5-9-26(20)33(3)30-31-25-15-10-21(17-27(25)37-30)18-28(34)32(2)24-13-11-22(12-14-24)23-8-6-16-36-29(35)19-23/h4-5,7,9-15,17,23H,6,8,16,18-19H2,1-3H3. The molecule has 0 aliphatic carbocycles. The Morgan fingerprint density at radius 1 is 1.05 bits per heavy atom. The van der Waals surface area contributed by atoms with Gasteiger partial charge in [0.2, 0.25) is 5.91 Å². The predicted octanol–water partition coefficient (Wildman–Crippen LogP) is 5.92. The second kappa shape index (κ2) is 10.5. The molecule has 2 heterocycles. The van der Waals surface area contributed by atoms with Gasteiger partial charge in [0.05, 0.1) is 19.4 Å². The van der Waals surface area contributed by atoms with Gasteiger partial charge in [0.25, 0.3) is 0 Å². The zero-order valence-electron chi connectivity index (χ0n) is 21.4. The molecule has 1 atom stereocenters. The first-order chi connectivity index (χ1) is 17.9. The van der Waals surface area contributed by atoms with Gasteiger partial charge in [-0.1, -0.05) is 36.4 Å². The van der Waals surface area contributed by atoms with Crippen molar-refractivity contribution in [3.8, 4) is 0 Å². The number of aromatic nitrogens is 1. The molecule has 7 heteroatoms. The lowest BCUT2D eigenvalue weighted by molar-refractivity contribution is -0.142. The molecule has 1 fully saturated rings. The molecule has 190 valence electrons. The molecule has 1 unspecified atom stereocenters. The first-order valence-electron chi connectivity index (χ1n) is 12.6. The number of amides is 1. The maximum Gasteiger partial charge on any atom is 0.306 e. The Morgan fingerprint density at radius 2 is 1.84 bits per heavy atom. The van der Waals surface area contributed by atoms with E-state index in [9.17, 15) is 9.59 Å². The van der Waals surface area contributed by atoms with Crippen LogP contribution in [0, 0.1) is 6.92 Å². The molecule has 1 saturated heterocycles. The van der Waals surface area contributed by atoms with E-state index >= 15 is 0 Å². The summed E-state index contributed by atoms with van der Waals surface area (Å²) in [6.07, 6.45) is 2.44. The zero-order chi connectivity index (χ0) is 25.9.